The summed E-state index contributed by atoms with van der Waals surface area (Å²) in [6, 6.07) is 6.68. The molecule has 2 heterocycles. The van der Waals surface area contributed by atoms with Crippen molar-refractivity contribution in [1.29, 1.82) is 0 Å². The van der Waals surface area contributed by atoms with Crippen LogP contribution in [0.4, 0.5) is 5.82 Å². The van der Waals surface area contributed by atoms with E-state index in [0.717, 1.165) is 0 Å². The fourth-order valence-corrected chi connectivity index (χ4v) is 2.16. The Bertz CT molecular complexity index is 639. The molecule has 110 valence electrons. The zero-order valence-electron chi connectivity index (χ0n) is 11.5. The maximum absolute atomic E-state index is 11.2. The Morgan fingerprint density at radius 3 is 2.71 bits per heavy atom. The number of rotatable bonds is 5. The minimum Gasteiger partial charge on any atom is -0.463 e. The predicted molar refractivity (Wildman–Crippen MR) is 75.9 cm³/mol. The van der Waals surface area contributed by atoms with Crippen molar-refractivity contribution in [3.8, 4) is 0 Å². The number of hydrogen-bond donors (Lipinski definition) is 1. The van der Waals surface area contributed by atoms with Crippen LogP contribution in [-0.2, 0) is 15.3 Å². The van der Waals surface area contributed by atoms with Crippen LogP contribution in [0.3, 0.4) is 0 Å². The zero-order valence-corrected chi connectivity index (χ0v) is 12.3. The molecule has 0 fully saturated rings. The van der Waals surface area contributed by atoms with Crippen LogP contribution in [0, 0.1) is 0 Å². The second-order valence-electron chi connectivity index (χ2n) is 3.98. The van der Waals surface area contributed by atoms with Crippen molar-refractivity contribution in [2.45, 2.75) is 17.7 Å². The first-order valence-corrected chi connectivity index (χ1v) is 6.98. The highest BCUT2D eigenvalue weighted by molar-refractivity contribution is 7.98. The highest BCUT2D eigenvalue weighted by Gasteiger charge is 2.11. The third kappa shape index (κ3) is 4.32. The summed E-state index contributed by atoms with van der Waals surface area (Å²) in [6.07, 6.45) is 0. The van der Waals surface area contributed by atoms with Gasteiger partial charge in [-0.05, 0) is 24.3 Å². The second kappa shape index (κ2) is 6.89. The fraction of sp³-hybridized carbons (Fsp3) is 0.231. The van der Waals surface area contributed by atoms with Crippen molar-refractivity contribution >= 4 is 29.5 Å². The van der Waals surface area contributed by atoms with Crippen molar-refractivity contribution in [3.05, 3.63) is 35.8 Å². The van der Waals surface area contributed by atoms with E-state index in [1.54, 1.807) is 24.3 Å². The Morgan fingerprint density at radius 1 is 1.29 bits per heavy atom. The lowest BCUT2D eigenvalue weighted by atomic mass is 10.4. The van der Waals surface area contributed by atoms with Gasteiger partial charge in [-0.25, -0.2) is 4.79 Å². The van der Waals surface area contributed by atoms with E-state index in [0.29, 0.717) is 22.4 Å². The number of furan rings is 1. The van der Waals surface area contributed by atoms with Gasteiger partial charge in [0, 0.05) is 6.92 Å². The summed E-state index contributed by atoms with van der Waals surface area (Å²) >= 11 is 1.40. The van der Waals surface area contributed by atoms with E-state index in [1.807, 2.05) is 0 Å². The molecule has 0 radical (unpaired) electrons. The fourth-order valence-electron chi connectivity index (χ4n) is 1.45. The van der Waals surface area contributed by atoms with Crippen LogP contribution in [0.25, 0.3) is 0 Å². The van der Waals surface area contributed by atoms with Gasteiger partial charge >= 0.3 is 5.97 Å². The van der Waals surface area contributed by atoms with Crippen LogP contribution in [-0.4, -0.2) is 29.2 Å². The van der Waals surface area contributed by atoms with Crippen LogP contribution in [0.5, 0.6) is 0 Å². The Hall–Kier alpha value is -2.35. The van der Waals surface area contributed by atoms with Crippen molar-refractivity contribution in [2.75, 3.05) is 12.4 Å². The molecule has 2 aromatic heterocycles. The number of thioether (sulfide) groups is 1. The second-order valence-corrected chi connectivity index (χ2v) is 4.98. The molecule has 2 aromatic rings. The van der Waals surface area contributed by atoms with Crippen molar-refractivity contribution in [1.82, 2.24) is 10.2 Å². The highest BCUT2D eigenvalue weighted by atomic mass is 32.2. The topological polar surface area (TPSA) is 94.3 Å². The summed E-state index contributed by atoms with van der Waals surface area (Å²) in [5, 5.41) is 11.1. The molecule has 0 aliphatic heterocycles. The number of carbonyl (C=O) groups is 2. The summed E-state index contributed by atoms with van der Waals surface area (Å²) in [5.41, 5.74) is 0. The molecule has 0 saturated carbocycles. The van der Waals surface area contributed by atoms with E-state index in [2.05, 4.69) is 20.3 Å². The van der Waals surface area contributed by atoms with Crippen molar-refractivity contribution in [2.24, 2.45) is 0 Å². The zero-order chi connectivity index (χ0) is 15.2. The van der Waals surface area contributed by atoms with Gasteiger partial charge < -0.3 is 14.5 Å². The maximum atomic E-state index is 11.2. The van der Waals surface area contributed by atoms with Gasteiger partial charge in [-0.2, -0.15) is 0 Å². The van der Waals surface area contributed by atoms with Gasteiger partial charge in [0.1, 0.15) is 10.8 Å². The van der Waals surface area contributed by atoms with Gasteiger partial charge in [0.2, 0.25) is 11.7 Å². The third-order valence-corrected chi connectivity index (χ3v) is 3.30. The molecule has 0 bridgehead atoms. The predicted octanol–water partition coefficient (Wildman–Crippen LogP) is 2.11. The highest BCUT2D eigenvalue weighted by Crippen LogP contribution is 2.22. The third-order valence-electron chi connectivity index (χ3n) is 2.35. The SMILES string of the molecule is COC(=O)c1ccc(CSc2ccc(NC(C)=O)nn2)o1. The molecular formula is C13H13N3O4S. The van der Waals surface area contributed by atoms with Gasteiger partial charge in [0.25, 0.3) is 0 Å². The molecule has 0 saturated heterocycles. The number of carbonyl (C=O) groups excluding carboxylic acids is 2. The standard InChI is InChI=1S/C13H13N3O4S/c1-8(17)14-11-5-6-12(16-15-11)21-7-9-3-4-10(20-9)13(18)19-2/h3-6H,7H2,1-2H3,(H,14,15,17). The van der Waals surface area contributed by atoms with Crippen LogP contribution >= 0.6 is 11.8 Å². The van der Waals surface area contributed by atoms with E-state index in [9.17, 15) is 9.59 Å². The molecule has 0 spiro atoms. The molecule has 7 nitrogen and oxygen atoms in total. The van der Waals surface area contributed by atoms with Gasteiger partial charge in [0.05, 0.1) is 12.9 Å². The van der Waals surface area contributed by atoms with E-state index in [4.69, 9.17) is 4.42 Å². The number of anilines is 1. The largest absolute Gasteiger partial charge is 0.463 e. The summed E-state index contributed by atoms with van der Waals surface area (Å²) in [7, 11) is 1.30. The monoisotopic (exact) mass is 307 g/mol. The number of nitrogens with one attached hydrogen (secondary N) is 1. The van der Waals surface area contributed by atoms with Gasteiger partial charge in [-0.1, -0.05) is 11.8 Å². The number of esters is 1. The van der Waals surface area contributed by atoms with E-state index < -0.39 is 5.97 Å². The molecule has 0 aromatic carbocycles. The lowest BCUT2D eigenvalue weighted by Crippen LogP contribution is -2.07. The van der Waals surface area contributed by atoms with Gasteiger partial charge in [-0.15, -0.1) is 10.2 Å². The summed E-state index contributed by atoms with van der Waals surface area (Å²) in [4.78, 5) is 22.1. The number of nitrogens with zero attached hydrogens (tertiary/aromatic N) is 2. The van der Waals surface area contributed by atoms with Gasteiger partial charge in [0.15, 0.2) is 5.82 Å². The molecule has 0 aliphatic rings. The minimum atomic E-state index is -0.509. The molecule has 0 atom stereocenters. The number of amides is 1. The molecule has 2 rings (SSSR count). The van der Waals surface area contributed by atoms with E-state index in [1.165, 1.54) is 25.8 Å². The maximum Gasteiger partial charge on any atom is 0.373 e. The molecule has 8 heteroatoms. The molecule has 1 N–H and O–H groups in total. The first kappa shape index (κ1) is 15.0. The van der Waals surface area contributed by atoms with Gasteiger partial charge in [-0.3, -0.25) is 4.79 Å². The minimum absolute atomic E-state index is 0.167. The van der Waals surface area contributed by atoms with Crippen molar-refractivity contribution < 1.29 is 18.7 Å². The van der Waals surface area contributed by atoms with E-state index >= 15 is 0 Å². The van der Waals surface area contributed by atoms with Crippen LogP contribution in [0.1, 0.15) is 23.2 Å². The number of methoxy groups -OCH3 is 1. The molecule has 1 amide bonds. The summed E-state index contributed by atoms with van der Waals surface area (Å²) < 4.78 is 9.89. The molecular weight excluding hydrogens is 294 g/mol. The first-order valence-electron chi connectivity index (χ1n) is 5.99. The van der Waals surface area contributed by atoms with Crippen molar-refractivity contribution in [3.63, 3.8) is 0 Å². The summed E-state index contributed by atoms with van der Waals surface area (Å²) in [6.45, 7) is 1.40. The number of ether oxygens (including phenoxy) is 1. The Balaban J connectivity index is 1.92. The summed E-state index contributed by atoms with van der Waals surface area (Å²) in [5.74, 6) is 0.998. The van der Waals surface area contributed by atoms with E-state index in [-0.39, 0.29) is 11.7 Å². The molecule has 0 aliphatic carbocycles. The Labute approximate surface area is 125 Å². The molecule has 0 unspecified atom stereocenters. The van der Waals surface area contributed by atoms with Crippen LogP contribution in [0.2, 0.25) is 0 Å². The van der Waals surface area contributed by atoms with Crippen LogP contribution < -0.4 is 5.32 Å². The lowest BCUT2D eigenvalue weighted by molar-refractivity contribution is -0.114. The smallest absolute Gasteiger partial charge is 0.373 e. The molecule has 21 heavy (non-hydrogen) atoms. The lowest BCUT2D eigenvalue weighted by Gasteiger charge is -2.01. The Morgan fingerprint density at radius 2 is 2.10 bits per heavy atom. The normalized spacial score (nSPS) is 10.2. The average molecular weight is 307 g/mol. The first-order chi connectivity index (χ1) is 10.1. The van der Waals surface area contributed by atoms with Crippen LogP contribution in [0.15, 0.2) is 33.7 Å². The number of hydrogen-bond acceptors (Lipinski definition) is 7. The quantitative estimate of drug-likeness (QED) is 0.667. The Kier molecular flexibility index (Phi) is 4.94. The average Bonchev–Trinajstić information content (AvgIpc) is 2.94. The number of aromatic nitrogens is 2.